The average Bonchev–Trinajstić information content (AvgIpc) is 2.72. The zero-order chi connectivity index (χ0) is 21.0. The molecule has 0 saturated heterocycles. The van der Waals surface area contributed by atoms with Gasteiger partial charge in [0, 0.05) is 11.5 Å². The first-order chi connectivity index (χ1) is 13.9. The molecule has 3 aromatic rings. The molecule has 0 saturated carbocycles. The van der Waals surface area contributed by atoms with E-state index in [4.69, 9.17) is 9.47 Å². The molecule has 0 aromatic heterocycles. The summed E-state index contributed by atoms with van der Waals surface area (Å²) in [6, 6.07) is 13.7. The van der Waals surface area contributed by atoms with Gasteiger partial charge in [-0.2, -0.15) is 0 Å². The third-order valence-corrected chi connectivity index (χ3v) is 4.12. The van der Waals surface area contributed by atoms with Crippen LogP contribution in [0.25, 0.3) is 10.8 Å². The number of rotatable bonds is 6. The summed E-state index contributed by atoms with van der Waals surface area (Å²) in [7, 11) is 1.30. The van der Waals surface area contributed by atoms with Crippen molar-refractivity contribution in [3.05, 3.63) is 70.3 Å². The van der Waals surface area contributed by atoms with Crippen LogP contribution in [0.2, 0.25) is 0 Å². The van der Waals surface area contributed by atoms with Gasteiger partial charge >= 0.3 is 5.97 Å². The number of hydrogen-bond donors (Lipinski definition) is 2. The number of aromatic hydroxyl groups is 1. The summed E-state index contributed by atoms with van der Waals surface area (Å²) in [5.41, 5.74) is -0.0739. The molecule has 0 aliphatic carbocycles. The van der Waals surface area contributed by atoms with Gasteiger partial charge in [-0.1, -0.05) is 30.3 Å². The molecule has 0 radical (unpaired) electrons. The number of esters is 1. The highest BCUT2D eigenvalue weighted by molar-refractivity contribution is 6.02. The Morgan fingerprint density at radius 1 is 1.14 bits per heavy atom. The number of phenols is 1. The van der Waals surface area contributed by atoms with Gasteiger partial charge in [-0.05, 0) is 17.5 Å². The van der Waals surface area contributed by atoms with Crippen molar-refractivity contribution in [2.45, 2.75) is 0 Å². The molecule has 2 N–H and O–H groups in total. The Hall–Kier alpha value is -4.14. The molecule has 0 aliphatic heterocycles. The van der Waals surface area contributed by atoms with Crippen LogP contribution in [0.4, 0.5) is 11.4 Å². The van der Waals surface area contributed by atoms with E-state index < -0.39 is 23.4 Å². The molecule has 3 aromatic carbocycles. The Bertz CT molecular complexity index is 1110. The van der Waals surface area contributed by atoms with E-state index >= 15 is 0 Å². The average molecular weight is 396 g/mol. The lowest BCUT2D eigenvalue weighted by Gasteiger charge is -2.11. The molecule has 0 unspecified atom stereocenters. The number of fused-ring (bicyclic) bond motifs is 1. The number of nitro benzene ring substituents is 1. The Balaban J connectivity index is 1.67. The lowest BCUT2D eigenvalue weighted by Crippen LogP contribution is -2.21. The largest absolute Gasteiger partial charge is 0.506 e. The molecular weight excluding hydrogens is 380 g/mol. The first kappa shape index (κ1) is 19.6. The number of hydrogen-bond acceptors (Lipinski definition) is 7. The maximum absolute atomic E-state index is 12.2. The van der Waals surface area contributed by atoms with Crippen LogP contribution in [0, 0.1) is 10.1 Å². The van der Waals surface area contributed by atoms with Crippen molar-refractivity contribution in [2.24, 2.45) is 0 Å². The number of methoxy groups -OCH3 is 1. The van der Waals surface area contributed by atoms with Gasteiger partial charge < -0.3 is 19.9 Å². The topological polar surface area (TPSA) is 128 Å². The van der Waals surface area contributed by atoms with Crippen molar-refractivity contribution in [2.75, 3.05) is 19.0 Å². The molecule has 148 valence electrons. The van der Waals surface area contributed by atoms with Gasteiger partial charge in [0.05, 0.1) is 23.8 Å². The summed E-state index contributed by atoms with van der Waals surface area (Å²) in [4.78, 5) is 34.6. The maximum Gasteiger partial charge on any atom is 0.342 e. The van der Waals surface area contributed by atoms with Crippen LogP contribution in [-0.4, -0.2) is 35.6 Å². The molecule has 0 fully saturated rings. The molecule has 3 rings (SSSR count). The van der Waals surface area contributed by atoms with Gasteiger partial charge in [0.2, 0.25) is 0 Å². The molecule has 0 heterocycles. The molecule has 0 aliphatic rings. The molecule has 9 nitrogen and oxygen atoms in total. The second kappa shape index (κ2) is 8.26. The zero-order valence-corrected chi connectivity index (χ0v) is 15.2. The number of non-ortho nitro benzene ring substituents is 1. The highest BCUT2D eigenvalue weighted by atomic mass is 16.6. The van der Waals surface area contributed by atoms with Crippen LogP contribution < -0.4 is 10.1 Å². The summed E-state index contributed by atoms with van der Waals surface area (Å²) < 4.78 is 10.00. The van der Waals surface area contributed by atoms with Gasteiger partial charge in [-0.3, -0.25) is 14.9 Å². The van der Waals surface area contributed by atoms with Crippen molar-refractivity contribution >= 4 is 34.0 Å². The summed E-state index contributed by atoms with van der Waals surface area (Å²) >= 11 is 0. The number of carbonyl (C=O) groups is 2. The van der Waals surface area contributed by atoms with E-state index in [1.165, 1.54) is 25.3 Å². The van der Waals surface area contributed by atoms with Gasteiger partial charge in [-0.15, -0.1) is 0 Å². The normalized spacial score (nSPS) is 10.4. The predicted octanol–water partition coefficient (Wildman–Crippen LogP) is 3.26. The van der Waals surface area contributed by atoms with Crippen LogP contribution in [0.3, 0.4) is 0 Å². The van der Waals surface area contributed by atoms with Crippen molar-refractivity contribution < 1.29 is 29.1 Å². The highest BCUT2D eigenvalue weighted by Crippen LogP contribution is 2.30. The number of anilines is 1. The highest BCUT2D eigenvalue weighted by Gasteiger charge is 2.18. The fourth-order valence-corrected chi connectivity index (χ4v) is 2.71. The summed E-state index contributed by atoms with van der Waals surface area (Å²) in [5.74, 6) is -1.68. The predicted molar refractivity (Wildman–Crippen MR) is 104 cm³/mol. The fraction of sp³-hybridized carbons (Fsp3) is 0.100. The Labute approximate surface area is 164 Å². The SMILES string of the molecule is COc1cc([N+](=O)[O-])ccc1NC(=O)COC(=O)c1ccc2ccccc2c1O. The number of benzene rings is 3. The minimum atomic E-state index is -0.862. The first-order valence-corrected chi connectivity index (χ1v) is 8.41. The summed E-state index contributed by atoms with van der Waals surface area (Å²) in [6.07, 6.45) is 0. The molecule has 9 heteroatoms. The van der Waals surface area contributed by atoms with Gasteiger partial charge in [0.25, 0.3) is 11.6 Å². The lowest BCUT2D eigenvalue weighted by molar-refractivity contribution is -0.384. The Morgan fingerprint density at radius 3 is 2.62 bits per heavy atom. The van der Waals surface area contributed by atoms with E-state index in [1.54, 1.807) is 30.3 Å². The standard InChI is InChI=1S/C20H16N2O7/c1-28-17-10-13(22(26)27)7-9-16(17)21-18(23)11-29-20(25)15-8-6-12-4-2-3-5-14(12)19(15)24/h2-10,24H,11H2,1H3,(H,21,23). The molecular formula is C20H16N2O7. The third kappa shape index (κ3) is 4.24. The summed E-state index contributed by atoms with van der Waals surface area (Å²) in [5, 5.41) is 24.8. The van der Waals surface area contributed by atoms with Crippen molar-refractivity contribution in [1.82, 2.24) is 0 Å². The lowest BCUT2D eigenvalue weighted by atomic mass is 10.1. The van der Waals surface area contributed by atoms with Crippen molar-refractivity contribution in [3.8, 4) is 11.5 Å². The molecule has 0 atom stereocenters. The van der Waals surface area contributed by atoms with Crippen LogP contribution in [0.1, 0.15) is 10.4 Å². The number of amides is 1. The molecule has 0 spiro atoms. The van der Waals surface area contributed by atoms with Crippen molar-refractivity contribution in [3.63, 3.8) is 0 Å². The minimum absolute atomic E-state index is 0.0654. The van der Waals surface area contributed by atoms with Gasteiger partial charge in [0.15, 0.2) is 6.61 Å². The Kier molecular flexibility index (Phi) is 5.59. The van der Waals surface area contributed by atoms with E-state index in [-0.39, 0.29) is 28.4 Å². The quantitative estimate of drug-likeness (QED) is 0.372. The van der Waals surface area contributed by atoms with E-state index in [9.17, 15) is 24.8 Å². The second-order valence-electron chi connectivity index (χ2n) is 5.95. The monoisotopic (exact) mass is 396 g/mol. The molecule has 29 heavy (non-hydrogen) atoms. The molecule has 1 amide bonds. The van der Waals surface area contributed by atoms with E-state index in [0.29, 0.717) is 5.39 Å². The van der Waals surface area contributed by atoms with Gasteiger partial charge in [0.1, 0.15) is 17.1 Å². The van der Waals surface area contributed by atoms with Crippen molar-refractivity contribution in [1.29, 1.82) is 0 Å². The second-order valence-corrected chi connectivity index (χ2v) is 5.95. The fourth-order valence-electron chi connectivity index (χ4n) is 2.71. The van der Waals surface area contributed by atoms with Gasteiger partial charge in [-0.25, -0.2) is 4.79 Å². The van der Waals surface area contributed by atoms with Crippen LogP contribution in [0.15, 0.2) is 54.6 Å². The molecule has 0 bridgehead atoms. The first-order valence-electron chi connectivity index (χ1n) is 8.41. The maximum atomic E-state index is 12.2. The summed E-state index contributed by atoms with van der Waals surface area (Å²) in [6.45, 7) is -0.620. The number of nitro groups is 1. The van der Waals surface area contributed by atoms with Crippen LogP contribution in [-0.2, 0) is 9.53 Å². The minimum Gasteiger partial charge on any atom is -0.506 e. The van der Waals surface area contributed by atoms with Crippen LogP contribution >= 0.6 is 0 Å². The van der Waals surface area contributed by atoms with Crippen LogP contribution in [0.5, 0.6) is 11.5 Å². The number of carbonyl (C=O) groups excluding carboxylic acids is 2. The van der Waals surface area contributed by atoms with E-state index in [1.807, 2.05) is 0 Å². The van der Waals surface area contributed by atoms with E-state index in [0.717, 1.165) is 11.5 Å². The number of nitrogens with one attached hydrogen (secondary N) is 1. The number of phenolic OH excluding ortho intramolecular Hbond substituents is 1. The van der Waals surface area contributed by atoms with E-state index in [2.05, 4.69) is 5.32 Å². The zero-order valence-electron chi connectivity index (χ0n) is 15.2. The third-order valence-electron chi connectivity index (χ3n) is 4.12. The smallest absolute Gasteiger partial charge is 0.342 e. The number of ether oxygens (including phenoxy) is 2. The Morgan fingerprint density at radius 2 is 1.90 bits per heavy atom. The number of nitrogens with zero attached hydrogens (tertiary/aromatic N) is 1.